The molecule has 74 valence electrons. The lowest BCUT2D eigenvalue weighted by Crippen LogP contribution is -2.43. The molecule has 2 heteroatoms. The van der Waals surface area contributed by atoms with Gasteiger partial charge in [0.25, 0.3) is 0 Å². The van der Waals surface area contributed by atoms with Crippen LogP contribution in [-0.4, -0.2) is 29.7 Å². The highest BCUT2D eigenvalue weighted by Gasteiger charge is 2.52. The van der Waals surface area contributed by atoms with Gasteiger partial charge in [0.15, 0.2) is 0 Å². The molecule has 2 unspecified atom stereocenters. The average molecular weight is 183 g/mol. The summed E-state index contributed by atoms with van der Waals surface area (Å²) < 4.78 is 13.3. The summed E-state index contributed by atoms with van der Waals surface area (Å²) in [5.74, 6) is 0.489. The van der Waals surface area contributed by atoms with Crippen LogP contribution in [0.5, 0.6) is 0 Å². The molecule has 13 heavy (non-hydrogen) atoms. The fourth-order valence-corrected chi connectivity index (χ4v) is 3.09. The third-order valence-corrected chi connectivity index (χ3v) is 3.77. The summed E-state index contributed by atoms with van der Waals surface area (Å²) in [5, 5.41) is 0. The summed E-state index contributed by atoms with van der Waals surface area (Å²) in [4.78, 5) is 2.30. The lowest BCUT2D eigenvalue weighted by molar-refractivity contribution is 0.166. The van der Waals surface area contributed by atoms with Gasteiger partial charge in [-0.05, 0) is 12.3 Å². The highest BCUT2D eigenvalue weighted by atomic mass is 19.1. The smallest absolute Gasteiger partial charge is 0.115 e. The van der Waals surface area contributed by atoms with Crippen molar-refractivity contribution in [1.29, 1.82) is 0 Å². The minimum atomic E-state index is -0.639. The Hall–Kier alpha value is -0.370. The first kappa shape index (κ1) is 9.20. The average Bonchev–Trinajstić information content (AvgIpc) is 2.50. The summed E-state index contributed by atoms with van der Waals surface area (Å²) in [6.45, 7) is 10.1. The van der Waals surface area contributed by atoms with Gasteiger partial charge in [-0.2, -0.15) is 0 Å². The van der Waals surface area contributed by atoms with E-state index in [0.29, 0.717) is 18.9 Å². The van der Waals surface area contributed by atoms with Crippen molar-refractivity contribution in [3.8, 4) is 0 Å². The third kappa shape index (κ3) is 1.08. The van der Waals surface area contributed by atoms with Crippen LogP contribution in [0.1, 0.15) is 26.7 Å². The largest absolute Gasteiger partial charge is 0.290 e. The van der Waals surface area contributed by atoms with E-state index in [9.17, 15) is 4.39 Å². The van der Waals surface area contributed by atoms with E-state index in [1.165, 1.54) is 5.57 Å². The van der Waals surface area contributed by atoms with Crippen molar-refractivity contribution in [2.24, 2.45) is 5.92 Å². The summed E-state index contributed by atoms with van der Waals surface area (Å²) in [6, 6.07) is 0. The van der Waals surface area contributed by atoms with Gasteiger partial charge in [-0.3, -0.25) is 4.90 Å². The van der Waals surface area contributed by atoms with Gasteiger partial charge in [0.05, 0.1) is 0 Å². The molecule has 2 saturated heterocycles. The first-order valence-electron chi connectivity index (χ1n) is 5.14. The van der Waals surface area contributed by atoms with Gasteiger partial charge in [-0.1, -0.05) is 26.0 Å². The Balaban J connectivity index is 2.33. The Labute approximate surface area is 79.6 Å². The maximum Gasteiger partial charge on any atom is 0.115 e. The zero-order valence-corrected chi connectivity index (χ0v) is 8.52. The highest BCUT2D eigenvalue weighted by Crippen LogP contribution is 2.47. The molecular weight excluding hydrogens is 165 g/mol. The van der Waals surface area contributed by atoms with Crippen molar-refractivity contribution in [3.63, 3.8) is 0 Å². The van der Waals surface area contributed by atoms with Crippen LogP contribution in [0.15, 0.2) is 12.2 Å². The molecule has 2 rings (SSSR count). The van der Waals surface area contributed by atoms with Crippen molar-refractivity contribution in [2.45, 2.75) is 38.4 Å². The van der Waals surface area contributed by atoms with E-state index in [0.717, 1.165) is 13.0 Å². The minimum Gasteiger partial charge on any atom is -0.290 e. The predicted octanol–water partition coefficient (Wildman–Crippen LogP) is 2.38. The first-order chi connectivity index (χ1) is 6.07. The van der Waals surface area contributed by atoms with Crippen LogP contribution >= 0.6 is 0 Å². The van der Waals surface area contributed by atoms with Crippen LogP contribution in [0.25, 0.3) is 0 Å². The predicted molar refractivity (Wildman–Crippen MR) is 52.4 cm³/mol. The van der Waals surface area contributed by atoms with E-state index in [2.05, 4.69) is 25.3 Å². The molecule has 2 atom stereocenters. The van der Waals surface area contributed by atoms with Crippen molar-refractivity contribution in [3.05, 3.63) is 12.2 Å². The molecule has 0 aromatic rings. The Morgan fingerprint density at radius 3 is 2.85 bits per heavy atom. The maximum atomic E-state index is 13.3. The van der Waals surface area contributed by atoms with Crippen LogP contribution in [0.3, 0.4) is 0 Å². The summed E-state index contributed by atoms with van der Waals surface area (Å²) in [6.07, 6.45) is 1.09. The summed E-state index contributed by atoms with van der Waals surface area (Å²) in [5.41, 5.74) is 1.25. The van der Waals surface area contributed by atoms with Crippen molar-refractivity contribution < 1.29 is 4.39 Å². The van der Waals surface area contributed by atoms with Crippen LogP contribution in [0, 0.1) is 5.92 Å². The number of hydrogen-bond acceptors (Lipinski definition) is 1. The van der Waals surface area contributed by atoms with E-state index in [-0.39, 0.29) is 5.54 Å². The SMILES string of the molecule is C=C1CCN2CC(F)CC12C(C)C. The molecule has 2 heterocycles. The summed E-state index contributed by atoms with van der Waals surface area (Å²) in [7, 11) is 0. The monoisotopic (exact) mass is 183 g/mol. The van der Waals surface area contributed by atoms with Crippen LogP contribution in [0.4, 0.5) is 4.39 Å². The molecule has 0 aromatic heterocycles. The molecule has 0 N–H and O–H groups in total. The maximum absolute atomic E-state index is 13.3. The molecule has 0 spiro atoms. The fourth-order valence-electron chi connectivity index (χ4n) is 3.09. The topological polar surface area (TPSA) is 3.24 Å². The molecule has 0 saturated carbocycles. The van der Waals surface area contributed by atoms with E-state index in [1.807, 2.05) is 0 Å². The molecule has 0 aliphatic carbocycles. The van der Waals surface area contributed by atoms with E-state index < -0.39 is 6.17 Å². The zero-order valence-electron chi connectivity index (χ0n) is 8.52. The number of nitrogens with zero attached hydrogens (tertiary/aromatic N) is 1. The van der Waals surface area contributed by atoms with E-state index in [4.69, 9.17) is 0 Å². The molecule has 2 aliphatic rings. The second-order valence-electron chi connectivity index (χ2n) is 4.68. The van der Waals surface area contributed by atoms with Crippen molar-refractivity contribution in [1.82, 2.24) is 4.90 Å². The molecule has 0 radical (unpaired) electrons. The van der Waals surface area contributed by atoms with Gasteiger partial charge >= 0.3 is 0 Å². The van der Waals surface area contributed by atoms with Crippen molar-refractivity contribution in [2.75, 3.05) is 13.1 Å². The normalized spacial score (nSPS) is 40.3. The number of halogens is 1. The van der Waals surface area contributed by atoms with Gasteiger partial charge in [0.2, 0.25) is 0 Å². The van der Waals surface area contributed by atoms with E-state index in [1.54, 1.807) is 0 Å². The molecular formula is C11H18FN. The van der Waals surface area contributed by atoms with Crippen LogP contribution in [0.2, 0.25) is 0 Å². The molecule has 0 bridgehead atoms. The number of alkyl halides is 1. The van der Waals surface area contributed by atoms with Gasteiger partial charge < -0.3 is 0 Å². The van der Waals surface area contributed by atoms with Crippen LogP contribution < -0.4 is 0 Å². The molecule has 0 amide bonds. The lowest BCUT2D eigenvalue weighted by Gasteiger charge is -2.36. The van der Waals surface area contributed by atoms with Crippen molar-refractivity contribution >= 4 is 0 Å². The Bertz CT molecular complexity index is 236. The minimum absolute atomic E-state index is 0.000579. The third-order valence-electron chi connectivity index (χ3n) is 3.77. The number of hydrogen-bond donors (Lipinski definition) is 0. The number of fused-ring (bicyclic) bond motifs is 1. The standard InChI is InChI=1S/C11H18FN/c1-8(2)11-6-10(12)7-13(11)5-4-9(11)3/h8,10H,3-7H2,1-2H3. The highest BCUT2D eigenvalue weighted by molar-refractivity contribution is 5.27. The molecule has 2 aliphatic heterocycles. The van der Waals surface area contributed by atoms with Gasteiger partial charge in [0, 0.05) is 25.0 Å². The Morgan fingerprint density at radius 2 is 2.31 bits per heavy atom. The Morgan fingerprint density at radius 1 is 1.62 bits per heavy atom. The quantitative estimate of drug-likeness (QED) is 0.564. The Kier molecular flexibility index (Phi) is 1.99. The van der Waals surface area contributed by atoms with Gasteiger partial charge in [-0.15, -0.1) is 0 Å². The lowest BCUT2D eigenvalue weighted by atomic mass is 9.79. The van der Waals surface area contributed by atoms with Gasteiger partial charge in [-0.25, -0.2) is 4.39 Å². The number of rotatable bonds is 1. The first-order valence-corrected chi connectivity index (χ1v) is 5.14. The zero-order chi connectivity index (χ0) is 9.64. The van der Waals surface area contributed by atoms with E-state index >= 15 is 0 Å². The molecule has 0 aromatic carbocycles. The molecule has 2 fully saturated rings. The second kappa shape index (κ2) is 2.81. The summed E-state index contributed by atoms with van der Waals surface area (Å²) >= 11 is 0. The molecule has 1 nitrogen and oxygen atoms in total. The van der Waals surface area contributed by atoms with Crippen LogP contribution in [-0.2, 0) is 0 Å². The fraction of sp³-hybridized carbons (Fsp3) is 0.818. The van der Waals surface area contributed by atoms with Gasteiger partial charge in [0.1, 0.15) is 6.17 Å². The second-order valence-corrected chi connectivity index (χ2v) is 4.68.